The van der Waals surface area contributed by atoms with E-state index in [0.717, 1.165) is 0 Å². The number of hydrogen-bond donors (Lipinski definition) is 0. The van der Waals surface area contributed by atoms with Crippen molar-refractivity contribution in [3.8, 4) is 0 Å². The van der Waals surface area contributed by atoms with Gasteiger partial charge in [-0.1, -0.05) is 0 Å². The summed E-state index contributed by atoms with van der Waals surface area (Å²) < 4.78 is 0. The quantitative estimate of drug-likeness (QED) is 0.258. The van der Waals surface area contributed by atoms with Gasteiger partial charge in [-0.15, -0.1) is 0 Å². The standard InChI is InChI=1S/4Al.21Zr. The predicted molar refractivity (Wildman–Crippen MR) is 23.0 cm³/mol. The molecular weight excluding hydrogens is 2020 g/mol. The smallest absolute Gasteiger partial charge is 0 e. The van der Waals surface area contributed by atoms with Gasteiger partial charge in [-0.2, -0.15) is 0 Å². The average molecular weight is 2020 g/mol. The first-order valence-corrected chi connectivity index (χ1v) is 0. The van der Waals surface area contributed by atoms with Gasteiger partial charge in [0.05, 0.1) is 0 Å². The third-order valence-electron chi connectivity index (χ3n) is 0. The fraction of sp³-hybridized carbons (Fsp3) is 0. The summed E-state index contributed by atoms with van der Waals surface area (Å²) in [5.74, 6) is 0. The van der Waals surface area contributed by atoms with Gasteiger partial charge < -0.3 is 0 Å². The Bertz CT molecular complexity index is 15.9. The molecule has 0 heterocycles. The van der Waals surface area contributed by atoms with E-state index in [4.69, 9.17) is 0 Å². The summed E-state index contributed by atoms with van der Waals surface area (Å²) in [5.41, 5.74) is 0. The second-order valence-electron chi connectivity index (χ2n) is 0. The Labute approximate surface area is 599 Å². The third kappa shape index (κ3) is 190. The molecule has 0 saturated heterocycles. The second kappa shape index (κ2) is 199. The SMILES string of the molecule is [Al].[Al].[Al].[Al].[Zr].[Zr].[Zr].[Zr].[Zr].[Zr].[Zr].[Zr].[Zr].[Zr].[Zr].[Zr].[Zr].[Zr].[Zr].[Zr].[Zr].[Zr].[Zr].[Zr].[Zr]. The van der Waals surface area contributed by atoms with E-state index < -0.39 is 0 Å². The molecule has 0 spiro atoms. The molecule has 25 heteroatoms. The summed E-state index contributed by atoms with van der Waals surface area (Å²) in [4.78, 5) is 0. The maximum atomic E-state index is 0. The molecule has 0 aromatic heterocycles. The molecule has 96 valence electrons. The Kier molecular flexibility index (Phi) is 1700. The molecule has 0 atom stereocenters. The Morgan fingerprint density at radius 2 is 0.0800 bits per heavy atom. The van der Waals surface area contributed by atoms with Crippen LogP contribution in [0.2, 0.25) is 0 Å². The van der Waals surface area contributed by atoms with Gasteiger partial charge in [0.25, 0.3) is 0 Å². The van der Waals surface area contributed by atoms with Crippen LogP contribution >= 0.6 is 0 Å². The Balaban J connectivity index is 0. The van der Waals surface area contributed by atoms with Crippen molar-refractivity contribution >= 4 is 69.4 Å². The Morgan fingerprint density at radius 1 is 0.0800 bits per heavy atom. The van der Waals surface area contributed by atoms with E-state index in [1.807, 2.05) is 0 Å². The minimum absolute atomic E-state index is 0. The van der Waals surface area contributed by atoms with Gasteiger partial charge in [0.1, 0.15) is 0 Å². The van der Waals surface area contributed by atoms with E-state index in [-0.39, 0.29) is 620 Å². The van der Waals surface area contributed by atoms with Crippen molar-refractivity contribution in [2.75, 3.05) is 0 Å². The van der Waals surface area contributed by atoms with Crippen LogP contribution < -0.4 is 0 Å². The van der Waals surface area contributed by atoms with Gasteiger partial charge in [-0.25, -0.2) is 0 Å². The molecule has 25 heavy (non-hydrogen) atoms. The van der Waals surface area contributed by atoms with Gasteiger partial charge in [0, 0.05) is 620 Å². The monoisotopic (exact) mass is 2000 g/mol. The van der Waals surface area contributed by atoms with Crippen LogP contribution in [0, 0.1) is 0 Å². The molecule has 0 amide bonds. The summed E-state index contributed by atoms with van der Waals surface area (Å²) in [6.45, 7) is 0. The van der Waals surface area contributed by atoms with Crippen molar-refractivity contribution in [3.05, 3.63) is 0 Å². The van der Waals surface area contributed by atoms with Crippen LogP contribution in [0.1, 0.15) is 0 Å². The van der Waals surface area contributed by atoms with Crippen molar-refractivity contribution in [2.45, 2.75) is 0 Å². The fourth-order valence-electron chi connectivity index (χ4n) is 0. The molecule has 0 aliphatic heterocycles. The third-order valence-corrected chi connectivity index (χ3v) is 0. The van der Waals surface area contributed by atoms with Gasteiger partial charge >= 0.3 is 0 Å². The van der Waals surface area contributed by atoms with Crippen LogP contribution in [-0.2, 0) is 550 Å². The van der Waals surface area contributed by atoms with E-state index in [2.05, 4.69) is 0 Å². The van der Waals surface area contributed by atoms with Crippen molar-refractivity contribution in [1.82, 2.24) is 0 Å². The number of hydrogen-bond acceptors (Lipinski definition) is 0. The summed E-state index contributed by atoms with van der Waals surface area (Å²) >= 11 is 0. The van der Waals surface area contributed by atoms with Gasteiger partial charge in [0.15, 0.2) is 0 Å². The first-order valence-electron chi connectivity index (χ1n) is 0. The zero-order valence-electron chi connectivity index (χ0n) is 12.8. The van der Waals surface area contributed by atoms with Crippen molar-refractivity contribution in [2.24, 2.45) is 0 Å². The van der Waals surface area contributed by atoms with E-state index in [9.17, 15) is 0 Å². The van der Waals surface area contributed by atoms with Crippen molar-refractivity contribution < 1.29 is 550 Å². The normalized spacial score (nSPS) is 0. The average Bonchev–Trinajstić information content (AvgIpc) is 0. The van der Waals surface area contributed by atoms with Crippen LogP contribution in [0.15, 0.2) is 0 Å². The molecule has 0 N–H and O–H groups in total. The van der Waals surface area contributed by atoms with Crippen molar-refractivity contribution in [3.63, 3.8) is 0 Å². The maximum absolute atomic E-state index is 0. The molecule has 0 rings (SSSR count). The van der Waals surface area contributed by atoms with Crippen LogP contribution in [0.3, 0.4) is 0 Å². The second-order valence-corrected chi connectivity index (χ2v) is 0. The molecule has 0 bridgehead atoms. The molecule has 0 unspecified atom stereocenters. The first-order chi connectivity index (χ1) is 0. The summed E-state index contributed by atoms with van der Waals surface area (Å²) in [6.07, 6.45) is 0. The predicted octanol–water partition coefficient (Wildman–Crippen LogP) is -1.58. The molecule has 0 saturated carbocycles. The van der Waals surface area contributed by atoms with Gasteiger partial charge in [-0.05, 0) is 0 Å². The topological polar surface area (TPSA) is 0 Å². The van der Waals surface area contributed by atoms with E-state index in [1.54, 1.807) is 0 Å². The molecule has 0 fully saturated rings. The molecular formula is Al4Zr21. The Morgan fingerprint density at radius 3 is 0.0800 bits per heavy atom. The molecule has 0 aliphatic rings. The molecule has 0 aliphatic carbocycles. The number of rotatable bonds is 0. The fourth-order valence-corrected chi connectivity index (χ4v) is 0. The van der Waals surface area contributed by atoms with Crippen molar-refractivity contribution in [1.29, 1.82) is 0 Å². The maximum Gasteiger partial charge on any atom is 0 e. The van der Waals surface area contributed by atoms with Crippen LogP contribution in [0.4, 0.5) is 0 Å². The minimum Gasteiger partial charge on any atom is 0 e. The van der Waals surface area contributed by atoms with Gasteiger partial charge in [-0.3, -0.25) is 0 Å². The van der Waals surface area contributed by atoms with Gasteiger partial charge in [0.2, 0.25) is 0 Å². The van der Waals surface area contributed by atoms with Crippen LogP contribution in [-0.4, -0.2) is 69.4 Å². The Hall–Kier alpha value is 20.7. The van der Waals surface area contributed by atoms with Crippen LogP contribution in [0.25, 0.3) is 0 Å². The van der Waals surface area contributed by atoms with E-state index in [0.29, 0.717) is 0 Å². The zero-order valence-corrected chi connectivity index (χ0v) is 69.0. The van der Waals surface area contributed by atoms with E-state index >= 15 is 0 Å². The molecule has 0 aromatic carbocycles. The van der Waals surface area contributed by atoms with E-state index in [1.165, 1.54) is 0 Å². The summed E-state index contributed by atoms with van der Waals surface area (Å²) in [5, 5.41) is 0. The molecule has 0 aromatic rings. The summed E-state index contributed by atoms with van der Waals surface area (Å²) in [7, 11) is 0. The van der Waals surface area contributed by atoms with Crippen LogP contribution in [0.5, 0.6) is 0 Å². The largest absolute Gasteiger partial charge is 0 e. The zero-order chi connectivity index (χ0) is 0. The molecule has 12 radical (unpaired) electrons. The molecule has 0 nitrogen and oxygen atoms in total. The summed E-state index contributed by atoms with van der Waals surface area (Å²) in [6, 6.07) is 0. The first kappa shape index (κ1) is 213. The minimum atomic E-state index is 0.